The minimum absolute atomic E-state index is 0.107. The monoisotopic (exact) mass is 1320 g/mol. The lowest BCUT2D eigenvalue weighted by molar-refractivity contribution is -0.161. The van der Waals surface area contributed by atoms with Crippen molar-refractivity contribution in [3.63, 3.8) is 0 Å². The molecule has 0 amide bonds. The van der Waals surface area contributed by atoms with Crippen LogP contribution in [0.3, 0.4) is 0 Å². The molecule has 3 N–H and O–H groups in total. The van der Waals surface area contributed by atoms with Gasteiger partial charge in [0.15, 0.2) is 12.2 Å². The number of unbranched alkanes of at least 4 members (excludes halogenated alkanes) is 42. The third kappa shape index (κ3) is 63.5. The first-order valence-electron chi connectivity index (χ1n) is 37.2. The summed E-state index contributed by atoms with van der Waals surface area (Å²) in [5, 5.41) is 10.6. The van der Waals surface area contributed by atoms with Gasteiger partial charge in [-0.05, 0) is 31.6 Å². The second-order valence-electron chi connectivity index (χ2n) is 25.9. The number of rotatable bonds is 71. The first-order chi connectivity index (χ1) is 43.6. The summed E-state index contributed by atoms with van der Waals surface area (Å²) in [6.07, 6.45) is 51.2. The lowest BCUT2D eigenvalue weighted by Gasteiger charge is -2.21. The molecule has 17 nitrogen and oxygen atoms in total. The third-order valence-electron chi connectivity index (χ3n) is 16.9. The van der Waals surface area contributed by atoms with Crippen LogP contribution in [-0.2, 0) is 65.4 Å². The summed E-state index contributed by atoms with van der Waals surface area (Å²) in [5.41, 5.74) is 0. The summed E-state index contributed by atoms with van der Waals surface area (Å²) in [6.45, 7) is 7.26. The lowest BCUT2D eigenvalue weighted by Crippen LogP contribution is -2.30. The molecule has 0 heterocycles. The van der Waals surface area contributed by atoms with Crippen LogP contribution < -0.4 is 0 Å². The van der Waals surface area contributed by atoms with Gasteiger partial charge in [-0.1, -0.05) is 317 Å². The third-order valence-corrected chi connectivity index (χ3v) is 18.8. The maximum atomic E-state index is 13.0. The minimum Gasteiger partial charge on any atom is -0.462 e. The summed E-state index contributed by atoms with van der Waals surface area (Å²) in [6, 6.07) is 0. The first kappa shape index (κ1) is 88.1. The molecule has 0 bridgehead atoms. The standard InChI is InChI=1S/C71H138O17P2/c1-6-10-13-16-19-22-24-25-26-27-28-29-30-37-42-47-52-57-71(76)88-67(61-82-69(74)55-50-45-40-36-32-31-34-38-43-48-53-64(5)9-4)63-86-90(79,80)84-59-65(72)58-83-89(77,78)85-62-66(60-81-68(73)54-49-44-39-33-21-18-15-12-8-3)87-70(75)56-51-46-41-35-23-20-17-14-11-7-2/h64-67,72H,6-63H2,1-5H3,(H,77,78)(H,79,80)/t64?,65-,66+,67+/m0/s1. The van der Waals surface area contributed by atoms with Gasteiger partial charge >= 0.3 is 39.5 Å². The van der Waals surface area contributed by atoms with Crippen molar-refractivity contribution in [3.05, 3.63) is 0 Å². The van der Waals surface area contributed by atoms with Crippen molar-refractivity contribution in [1.29, 1.82) is 0 Å². The van der Waals surface area contributed by atoms with Crippen molar-refractivity contribution in [2.75, 3.05) is 39.6 Å². The second-order valence-corrected chi connectivity index (χ2v) is 28.8. The molecule has 0 saturated carbocycles. The molecule has 0 radical (unpaired) electrons. The molecule has 90 heavy (non-hydrogen) atoms. The predicted molar refractivity (Wildman–Crippen MR) is 363 cm³/mol. The molecule has 3 unspecified atom stereocenters. The van der Waals surface area contributed by atoms with E-state index in [1.54, 1.807) is 0 Å². The molecule has 0 rings (SSSR count). The van der Waals surface area contributed by atoms with E-state index in [1.165, 1.54) is 193 Å². The highest BCUT2D eigenvalue weighted by molar-refractivity contribution is 7.47. The van der Waals surface area contributed by atoms with Crippen molar-refractivity contribution in [2.24, 2.45) is 5.92 Å². The molecule has 0 aromatic heterocycles. The number of carbonyl (C=O) groups is 4. The van der Waals surface area contributed by atoms with Crippen LogP contribution >= 0.6 is 15.6 Å². The van der Waals surface area contributed by atoms with Gasteiger partial charge in [-0.3, -0.25) is 37.3 Å². The smallest absolute Gasteiger partial charge is 0.462 e. The number of ether oxygens (including phenoxy) is 4. The van der Waals surface area contributed by atoms with Gasteiger partial charge in [0.2, 0.25) is 0 Å². The number of phosphoric acid groups is 2. The van der Waals surface area contributed by atoms with Crippen molar-refractivity contribution < 1.29 is 80.2 Å². The molecule has 534 valence electrons. The molecule has 0 aliphatic rings. The van der Waals surface area contributed by atoms with E-state index in [2.05, 4.69) is 34.6 Å². The molecular weight excluding hydrogens is 1190 g/mol. The molecular formula is C71H138O17P2. The van der Waals surface area contributed by atoms with Crippen molar-refractivity contribution in [3.8, 4) is 0 Å². The van der Waals surface area contributed by atoms with Crippen LogP contribution in [0.1, 0.15) is 369 Å². The minimum atomic E-state index is -4.95. The van der Waals surface area contributed by atoms with Crippen LogP contribution in [0, 0.1) is 5.92 Å². The Labute approximate surface area is 549 Å². The van der Waals surface area contributed by atoms with Crippen LogP contribution in [0.2, 0.25) is 0 Å². The Morgan fingerprint density at radius 2 is 0.533 bits per heavy atom. The molecule has 6 atom stereocenters. The Balaban J connectivity index is 5.22. The second kappa shape index (κ2) is 64.4. The average molecular weight is 1330 g/mol. The largest absolute Gasteiger partial charge is 0.472 e. The number of aliphatic hydroxyl groups is 1. The molecule has 0 aromatic carbocycles. The molecule has 0 aromatic rings. The summed E-state index contributed by atoms with van der Waals surface area (Å²) >= 11 is 0. The van der Waals surface area contributed by atoms with Crippen LogP contribution in [-0.4, -0.2) is 96.7 Å². The fraction of sp³-hybridized carbons (Fsp3) is 0.944. The van der Waals surface area contributed by atoms with Crippen LogP contribution in [0.15, 0.2) is 0 Å². The molecule has 0 fully saturated rings. The fourth-order valence-corrected chi connectivity index (χ4v) is 12.4. The van der Waals surface area contributed by atoms with Gasteiger partial charge in [-0.15, -0.1) is 0 Å². The highest BCUT2D eigenvalue weighted by Crippen LogP contribution is 2.45. The fourth-order valence-electron chi connectivity index (χ4n) is 10.8. The number of esters is 4. The Hall–Kier alpha value is -1.94. The maximum Gasteiger partial charge on any atom is 0.472 e. The summed E-state index contributed by atoms with van der Waals surface area (Å²) in [7, 11) is -9.90. The molecule has 19 heteroatoms. The highest BCUT2D eigenvalue weighted by atomic mass is 31.2. The zero-order chi connectivity index (χ0) is 66.3. The van der Waals surface area contributed by atoms with Crippen LogP contribution in [0.25, 0.3) is 0 Å². The van der Waals surface area contributed by atoms with Crippen molar-refractivity contribution in [2.45, 2.75) is 387 Å². The van der Waals surface area contributed by atoms with Gasteiger partial charge in [0.25, 0.3) is 0 Å². The van der Waals surface area contributed by atoms with Gasteiger partial charge in [-0.25, -0.2) is 9.13 Å². The Morgan fingerprint density at radius 3 is 0.789 bits per heavy atom. The maximum absolute atomic E-state index is 13.0. The summed E-state index contributed by atoms with van der Waals surface area (Å²) in [4.78, 5) is 72.5. The van der Waals surface area contributed by atoms with E-state index in [1.807, 2.05) is 0 Å². The van der Waals surface area contributed by atoms with Gasteiger partial charge in [-0.2, -0.15) is 0 Å². The number of hydrogen-bond acceptors (Lipinski definition) is 15. The van der Waals surface area contributed by atoms with Gasteiger partial charge in [0.1, 0.15) is 19.3 Å². The lowest BCUT2D eigenvalue weighted by atomic mass is 9.99. The predicted octanol–water partition coefficient (Wildman–Crippen LogP) is 20.5. The quantitative estimate of drug-likeness (QED) is 0.0222. The van der Waals surface area contributed by atoms with E-state index >= 15 is 0 Å². The van der Waals surface area contributed by atoms with Gasteiger partial charge in [0.05, 0.1) is 26.4 Å². The number of hydrogen-bond donors (Lipinski definition) is 3. The van der Waals surface area contributed by atoms with Gasteiger partial charge in [0, 0.05) is 25.7 Å². The average Bonchev–Trinajstić information content (AvgIpc) is 3.11. The van der Waals surface area contributed by atoms with E-state index in [-0.39, 0.29) is 25.7 Å². The first-order valence-corrected chi connectivity index (χ1v) is 40.2. The zero-order valence-corrected chi connectivity index (χ0v) is 60.1. The SMILES string of the molecule is CCCCCCCCCCCCCCCCCCCC(=O)O[C@H](COC(=O)CCCCCCCCCCCCC(C)CC)COP(=O)(O)OC[C@@H](O)COP(=O)(O)OC[C@@H](COC(=O)CCCCCCCCCCC)OC(=O)CCCCCCCCCCCC. The summed E-state index contributed by atoms with van der Waals surface area (Å²) < 4.78 is 68.3. The van der Waals surface area contributed by atoms with Crippen molar-refractivity contribution >= 4 is 39.5 Å². The Kier molecular flexibility index (Phi) is 63.0. The number of aliphatic hydroxyl groups excluding tert-OH is 1. The van der Waals surface area contributed by atoms with Crippen LogP contribution in [0.4, 0.5) is 0 Å². The van der Waals surface area contributed by atoms with E-state index in [9.17, 15) is 43.2 Å². The van der Waals surface area contributed by atoms with Gasteiger partial charge < -0.3 is 33.8 Å². The van der Waals surface area contributed by atoms with Crippen LogP contribution in [0.5, 0.6) is 0 Å². The highest BCUT2D eigenvalue weighted by Gasteiger charge is 2.30. The molecule has 0 spiro atoms. The van der Waals surface area contributed by atoms with E-state index in [0.29, 0.717) is 25.7 Å². The van der Waals surface area contributed by atoms with E-state index in [0.717, 1.165) is 95.8 Å². The Bertz CT molecular complexity index is 1740. The number of phosphoric ester groups is 2. The molecule has 0 aliphatic carbocycles. The molecule has 0 saturated heterocycles. The molecule has 0 aliphatic heterocycles. The summed E-state index contributed by atoms with van der Waals surface area (Å²) in [5.74, 6) is -1.31. The van der Waals surface area contributed by atoms with Crippen molar-refractivity contribution in [1.82, 2.24) is 0 Å². The normalized spacial score (nSPS) is 14.4. The number of carbonyl (C=O) groups excluding carboxylic acids is 4. The van der Waals surface area contributed by atoms with E-state index in [4.69, 9.17) is 37.0 Å². The topological polar surface area (TPSA) is 237 Å². The Morgan fingerprint density at radius 1 is 0.311 bits per heavy atom. The zero-order valence-electron chi connectivity index (χ0n) is 58.3. The van der Waals surface area contributed by atoms with E-state index < -0.39 is 97.5 Å².